The number of benzene rings is 1. The zero-order valence-corrected chi connectivity index (χ0v) is 10.7. The lowest BCUT2D eigenvalue weighted by atomic mass is 10.1. The molecule has 0 bridgehead atoms. The van der Waals surface area contributed by atoms with Crippen molar-refractivity contribution >= 4 is 28.7 Å². The average Bonchev–Trinajstić information content (AvgIpc) is 2.82. The third kappa shape index (κ3) is 2.58. The molecule has 3 heteroatoms. The Morgan fingerprint density at radius 1 is 1.35 bits per heavy atom. The smallest absolute Gasteiger partial charge is 0.204 e. The molecule has 1 heterocycles. The van der Waals surface area contributed by atoms with Gasteiger partial charge in [0.2, 0.25) is 5.78 Å². The first kappa shape index (κ1) is 11.9. The second-order valence-electron chi connectivity index (χ2n) is 3.38. The summed E-state index contributed by atoms with van der Waals surface area (Å²) in [5.41, 5.74) is 1.34. The van der Waals surface area contributed by atoms with Crippen molar-refractivity contribution in [2.75, 3.05) is 0 Å². The lowest BCUT2D eigenvalue weighted by molar-refractivity contribution is 0.104. The van der Waals surface area contributed by atoms with Gasteiger partial charge in [0.05, 0.1) is 9.90 Å². The molecule has 0 spiro atoms. The molecule has 0 unspecified atom stereocenters. The molecular weight excluding hydrogens is 252 g/mol. The number of carbonyl (C=O) groups is 1. The van der Waals surface area contributed by atoms with E-state index in [0.29, 0.717) is 15.5 Å². The Balaban J connectivity index is 2.39. The molecule has 0 aliphatic heterocycles. The summed E-state index contributed by atoms with van der Waals surface area (Å²) in [5.74, 6) is 5.66. The van der Waals surface area contributed by atoms with E-state index in [1.54, 1.807) is 25.1 Å². The van der Waals surface area contributed by atoms with Crippen LogP contribution < -0.4 is 0 Å². The van der Waals surface area contributed by atoms with Crippen LogP contribution in [-0.4, -0.2) is 5.78 Å². The van der Waals surface area contributed by atoms with Gasteiger partial charge in [-0.25, -0.2) is 0 Å². The molecule has 0 N–H and O–H groups in total. The fraction of sp³-hybridized carbons (Fsp3) is 0.0714. The summed E-state index contributed by atoms with van der Waals surface area (Å²) in [5, 5.41) is 2.32. The van der Waals surface area contributed by atoms with Crippen molar-refractivity contribution in [2.24, 2.45) is 0 Å². The summed E-state index contributed by atoms with van der Waals surface area (Å²) in [6.45, 7) is 1.76. The van der Waals surface area contributed by atoms with Gasteiger partial charge >= 0.3 is 0 Å². The van der Waals surface area contributed by atoms with E-state index in [2.05, 4.69) is 11.8 Å². The quantitative estimate of drug-likeness (QED) is 0.589. The molecule has 0 aliphatic rings. The Labute approximate surface area is 109 Å². The minimum absolute atomic E-state index is 0.0407. The second-order valence-corrected chi connectivity index (χ2v) is 4.73. The van der Waals surface area contributed by atoms with E-state index in [1.165, 1.54) is 11.3 Å². The van der Waals surface area contributed by atoms with Crippen LogP contribution >= 0.6 is 22.9 Å². The fourth-order valence-corrected chi connectivity index (χ4v) is 2.41. The van der Waals surface area contributed by atoms with Crippen molar-refractivity contribution < 1.29 is 4.79 Å². The number of hydrogen-bond donors (Lipinski definition) is 0. The molecule has 2 aromatic rings. The standard InChI is InChI=1S/C14H9ClOS/c1-2-4-10-6-7-11(12(15)9-10)14(16)13-5-3-8-17-13/h3,5-9H,1H3. The SMILES string of the molecule is CC#Cc1ccc(C(=O)c2cccs2)c(Cl)c1. The van der Waals surface area contributed by atoms with Crippen molar-refractivity contribution in [3.63, 3.8) is 0 Å². The van der Waals surface area contributed by atoms with Gasteiger partial charge in [-0.2, -0.15) is 0 Å². The maximum atomic E-state index is 12.1. The minimum atomic E-state index is -0.0407. The molecule has 0 saturated carbocycles. The summed E-state index contributed by atoms with van der Waals surface area (Å²) >= 11 is 7.51. The molecule has 17 heavy (non-hydrogen) atoms. The van der Waals surface area contributed by atoms with Crippen molar-refractivity contribution in [2.45, 2.75) is 6.92 Å². The van der Waals surface area contributed by atoms with E-state index < -0.39 is 0 Å². The highest BCUT2D eigenvalue weighted by atomic mass is 35.5. The monoisotopic (exact) mass is 260 g/mol. The van der Waals surface area contributed by atoms with Gasteiger partial charge in [-0.1, -0.05) is 23.6 Å². The highest BCUT2D eigenvalue weighted by molar-refractivity contribution is 7.12. The summed E-state index contributed by atoms with van der Waals surface area (Å²) in [4.78, 5) is 12.8. The van der Waals surface area contributed by atoms with Gasteiger partial charge in [0.15, 0.2) is 0 Å². The number of ketones is 1. The normalized spacial score (nSPS) is 9.53. The van der Waals surface area contributed by atoms with Gasteiger partial charge in [-0.05, 0) is 36.6 Å². The Bertz CT molecular complexity index is 603. The Kier molecular flexibility index (Phi) is 3.63. The van der Waals surface area contributed by atoms with E-state index >= 15 is 0 Å². The van der Waals surface area contributed by atoms with Crippen LogP contribution in [0.5, 0.6) is 0 Å². The maximum Gasteiger partial charge on any atom is 0.204 e. The van der Waals surface area contributed by atoms with Crippen LogP contribution in [0.1, 0.15) is 27.7 Å². The summed E-state index contributed by atoms with van der Waals surface area (Å²) in [6.07, 6.45) is 0. The topological polar surface area (TPSA) is 17.1 Å². The molecule has 1 aromatic carbocycles. The highest BCUT2D eigenvalue weighted by Gasteiger charge is 2.13. The molecule has 0 atom stereocenters. The third-order valence-electron chi connectivity index (χ3n) is 2.23. The number of carbonyl (C=O) groups excluding carboxylic acids is 1. The van der Waals surface area contributed by atoms with Gasteiger partial charge in [0.1, 0.15) is 0 Å². The molecular formula is C14H9ClOS. The Hall–Kier alpha value is -1.56. The molecule has 1 nitrogen and oxygen atoms in total. The number of rotatable bonds is 2. The van der Waals surface area contributed by atoms with Crippen molar-refractivity contribution in [1.82, 2.24) is 0 Å². The van der Waals surface area contributed by atoms with Gasteiger partial charge in [-0.15, -0.1) is 17.3 Å². The zero-order valence-electron chi connectivity index (χ0n) is 9.16. The summed E-state index contributed by atoms with van der Waals surface area (Å²) in [7, 11) is 0. The van der Waals surface area contributed by atoms with E-state index in [9.17, 15) is 4.79 Å². The van der Waals surface area contributed by atoms with Crippen molar-refractivity contribution in [3.8, 4) is 11.8 Å². The van der Waals surface area contributed by atoms with Crippen molar-refractivity contribution in [1.29, 1.82) is 0 Å². The van der Waals surface area contributed by atoms with E-state index in [-0.39, 0.29) is 5.78 Å². The largest absolute Gasteiger partial charge is 0.288 e. The molecule has 0 radical (unpaired) electrons. The van der Waals surface area contributed by atoms with Crippen LogP contribution in [0.15, 0.2) is 35.7 Å². The Morgan fingerprint density at radius 3 is 2.76 bits per heavy atom. The molecule has 0 saturated heterocycles. The van der Waals surface area contributed by atoms with Crippen LogP contribution in [0.25, 0.3) is 0 Å². The highest BCUT2D eigenvalue weighted by Crippen LogP contribution is 2.22. The molecule has 2 rings (SSSR count). The van der Waals surface area contributed by atoms with E-state index in [4.69, 9.17) is 11.6 Å². The lowest BCUT2D eigenvalue weighted by Gasteiger charge is -2.02. The number of halogens is 1. The summed E-state index contributed by atoms with van der Waals surface area (Å²) < 4.78 is 0. The fourth-order valence-electron chi connectivity index (χ4n) is 1.46. The van der Waals surface area contributed by atoms with E-state index in [0.717, 1.165) is 5.56 Å². The third-order valence-corrected chi connectivity index (χ3v) is 3.41. The number of thiophene rings is 1. The minimum Gasteiger partial charge on any atom is -0.288 e. The molecule has 0 fully saturated rings. The van der Waals surface area contributed by atoms with Crippen LogP contribution in [0.2, 0.25) is 5.02 Å². The molecule has 0 amide bonds. The Morgan fingerprint density at radius 2 is 2.18 bits per heavy atom. The van der Waals surface area contributed by atoms with Crippen molar-refractivity contribution in [3.05, 3.63) is 56.7 Å². The molecule has 84 valence electrons. The van der Waals surface area contributed by atoms with Gasteiger partial charge in [0.25, 0.3) is 0 Å². The first-order valence-electron chi connectivity index (χ1n) is 5.03. The predicted molar refractivity (Wildman–Crippen MR) is 71.8 cm³/mol. The first-order chi connectivity index (χ1) is 8.22. The predicted octanol–water partition coefficient (Wildman–Crippen LogP) is 4.00. The van der Waals surface area contributed by atoms with Crippen LogP contribution in [0.3, 0.4) is 0 Å². The molecule has 0 aliphatic carbocycles. The van der Waals surface area contributed by atoms with Crippen LogP contribution in [0, 0.1) is 11.8 Å². The van der Waals surface area contributed by atoms with Crippen LogP contribution in [-0.2, 0) is 0 Å². The van der Waals surface area contributed by atoms with E-state index in [1.807, 2.05) is 17.5 Å². The average molecular weight is 261 g/mol. The second kappa shape index (κ2) is 5.18. The maximum absolute atomic E-state index is 12.1. The molecule has 1 aromatic heterocycles. The van der Waals surface area contributed by atoms with Gasteiger partial charge in [-0.3, -0.25) is 4.79 Å². The van der Waals surface area contributed by atoms with Crippen LogP contribution in [0.4, 0.5) is 0 Å². The summed E-state index contributed by atoms with van der Waals surface area (Å²) in [6, 6.07) is 8.90. The zero-order chi connectivity index (χ0) is 12.3. The first-order valence-corrected chi connectivity index (χ1v) is 6.28. The van der Waals surface area contributed by atoms with Gasteiger partial charge in [0, 0.05) is 11.1 Å². The lowest BCUT2D eigenvalue weighted by Crippen LogP contribution is -1.99. The number of hydrogen-bond acceptors (Lipinski definition) is 2. The van der Waals surface area contributed by atoms with Gasteiger partial charge < -0.3 is 0 Å².